The summed E-state index contributed by atoms with van der Waals surface area (Å²) < 4.78 is 4.68. The lowest BCUT2D eigenvalue weighted by molar-refractivity contribution is -0.146. The first-order chi connectivity index (χ1) is 4.04. The molecular formula is C5H9ClO3. The minimum Gasteiger partial charge on any atom is -0.478 e. The van der Waals surface area contributed by atoms with Crippen molar-refractivity contribution in [1.82, 2.24) is 0 Å². The Balaban J connectivity index is 3.50. The number of rotatable bonds is 3. The zero-order valence-electron chi connectivity index (χ0n) is 5.30. The molecule has 0 fully saturated rings. The number of aliphatic carboxylic acids is 1. The van der Waals surface area contributed by atoms with E-state index in [1.807, 2.05) is 0 Å². The lowest BCUT2D eigenvalue weighted by Crippen LogP contribution is -2.20. The maximum atomic E-state index is 9.98. The summed E-state index contributed by atoms with van der Waals surface area (Å²) >= 11 is 5.19. The van der Waals surface area contributed by atoms with Gasteiger partial charge < -0.3 is 9.84 Å². The zero-order valence-corrected chi connectivity index (χ0v) is 6.05. The fourth-order valence-corrected chi connectivity index (χ4v) is 0.503. The number of carboxylic acids is 1. The molecule has 0 bridgehead atoms. The molecular weight excluding hydrogens is 144 g/mol. The summed E-state index contributed by atoms with van der Waals surface area (Å²) in [6.07, 6.45) is -0.149. The van der Waals surface area contributed by atoms with Crippen molar-refractivity contribution in [1.29, 1.82) is 0 Å². The van der Waals surface area contributed by atoms with Crippen LogP contribution in [-0.2, 0) is 9.53 Å². The maximum absolute atomic E-state index is 9.98. The third kappa shape index (κ3) is 4.24. The maximum Gasteiger partial charge on any atom is 0.348 e. The molecule has 0 aliphatic carbocycles. The average Bonchev–Trinajstić information content (AvgIpc) is 1.63. The van der Waals surface area contributed by atoms with E-state index >= 15 is 0 Å². The van der Waals surface area contributed by atoms with Crippen LogP contribution in [-0.4, -0.2) is 22.7 Å². The van der Waals surface area contributed by atoms with Crippen LogP contribution in [0.5, 0.6) is 0 Å². The van der Waals surface area contributed by atoms with Crippen LogP contribution in [0.15, 0.2) is 0 Å². The van der Waals surface area contributed by atoms with E-state index in [0.717, 1.165) is 0 Å². The summed E-state index contributed by atoms with van der Waals surface area (Å²) in [5.74, 6) is -1.15. The van der Waals surface area contributed by atoms with Crippen LogP contribution >= 0.6 is 11.6 Å². The molecule has 0 saturated heterocycles. The Morgan fingerprint density at radius 2 is 2.11 bits per heavy atom. The van der Waals surface area contributed by atoms with Gasteiger partial charge in [0.25, 0.3) is 0 Å². The van der Waals surface area contributed by atoms with Gasteiger partial charge >= 0.3 is 5.97 Å². The second kappa shape index (κ2) is 3.69. The monoisotopic (exact) mass is 152 g/mol. The van der Waals surface area contributed by atoms with Crippen molar-refractivity contribution < 1.29 is 14.6 Å². The van der Waals surface area contributed by atoms with Gasteiger partial charge in [-0.05, 0) is 13.8 Å². The molecule has 1 N–H and O–H groups in total. The Hall–Kier alpha value is -0.280. The second-order valence-electron chi connectivity index (χ2n) is 1.84. The summed E-state index contributed by atoms with van der Waals surface area (Å²) in [6.45, 7) is 3.44. The molecule has 1 unspecified atom stereocenters. The number of hydrogen-bond acceptors (Lipinski definition) is 2. The minimum absolute atomic E-state index is 0.149. The molecule has 0 heterocycles. The van der Waals surface area contributed by atoms with Gasteiger partial charge in [-0.25, -0.2) is 4.79 Å². The highest BCUT2D eigenvalue weighted by molar-refractivity contribution is 6.28. The van der Waals surface area contributed by atoms with Crippen LogP contribution < -0.4 is 0 Å². The first kappa shape index (κ1) is 8.72. The van der Waals surface area contributed by atoms with E-state index in [0.29, 0.717) is 0 Å². The van der Waals surface area contributed by atoms with E-state index in [1.165, 1.54) is 0 Å². The standard InChI is InChI=1S/C5H9ClO3/c1-3(2)9-4(6)5(7)8/h3-4H,1-2H3,(H,7,8). The number of alkyl halides is 1. The number of carboxylic acid groups (broad SMARTS) is 1. The van der Waals surface area contributed by atoms with Gasteiger partial charge in [0.2, 0.25) is 5.56 Å². The van der Waals surface area contributed by atoms with Crippen molar-refractivity contribution >= 4 is 17.6 Å². The van der Waals surface area contributed by atoms with E-state index in [2.05, 4.69) is 4.74 Å². The Kier molecular flexibility index (Phi) is 3.58. The molecule has 4 heteroatoms. The summed E-state index contributed by atoms with van der Waals surface area (Å²) in [6, 6.07) is 0. The highest BCUT2D eigenvalue weighted by Crippen LogP contribution is 2.01. The van der Waals surface area contributed by atoms with Gasteiger partial charge in [0.15, 0.2) is 0 Å². The summed E-state index contributed by atoms with van der Waals surface area (Å²) in [5.41, 5.74) is -1.22. The summed E-state index contributed by atoms with van der Waals surface area (Å²) in [7, 11) is 0. The first-order valence-electron chi connectivity index (χ1n) is 2.56. The van der Waals surface area contributed by atoms with Gasteiger partial charge in [0, 0.05) is 0 Å². The van der Waals surface area contributed by atoms with Crippen LogP contribution in [0.2, 0.25) is 0 Å². The average molecular weight is 153 g/mol. The molecule has 0 aromatic carbocycles. The number of ether oxygens (including phenoxy) is 1. The van der Waals surface area contributed by atoms with Crippen molar-refractivity contribution in [2.24, 2.45) is 0 Å². The Morgan fingerprint density at radius 1 is 1.67 bits per heavy atom. The van der Waals surface area contributed by atoms with Gasteiger partial charge in [0.05, 0.1) is 6.10 Å². The van der Waals surface area contributed by atoms with Crippen molar-refractivity contribution in [3.63, 3.8) is 0 Å². The van der Waals surface area contributed by atoms with Crippen LogP contribution in [0.1, 0.15) is 13.8 Å². The highest BCUT2D eigenvalue weighted by Gasteiger charge is 2.14. The molecule has 0 spiro atoms. The van der Waals surface area contributed by atoms with Crippen LogP contribution in [0, 0.1) is 0 Å². The molecule has 54 valence electrons. The number of carbonyl (C=O) groups is 1. The fraction of sp³-hybridized carbons (Fsp3) is 0.800. The SMILES string of the molecule is CC(C)OC(Cl)C(=O)O. The predicted molar refractivity (Wildman–Crippen MR) is 33.5 cm³/mol. The van der Waals surface area contributed by atoms with Crippen molar-refractivity contribution in [3.8, 4) is 0 Å². The molecule has 9 heavy (non-hydrogen) atoms. The largest absolute Gasteiger partial charge is 0.478 e. The molecule has 0 rings (SSSR count). The molecule has 0 aliphatic heterocycles. The Morgan fingerprint density at radius 3 is 2.22 bits per heavy atom. The number of halogens is 1. The third-order valence-electron chi connectivity index (χ3n) is 0.586. The molecule has 0 radical (unpaired) electrons. The first-order valence-corrected chi connectivity index (χ1v) is 3.00. The van der Waals surface area contributed by atoms with E-state index in [-0.39, 0.29) is 6.10 Å². The van der Waals surface area contributed by atoms with E-state index in [1.54, 1.807) is 13.8 Å². The van der Waals surface area contributed by atoms with Gasteiger partial charge in [-0.3, -0.25) is 0 Å². The molecule has 3 nitrogen and oxygen atoms in total. The van der Waals surface area contributed by atoms with E-state index in [4.69, 9.17) is 16.7 Å². The molecule has 1 atom stereocenters. The predicted octanol–water partition coefficient (Wildman–Crippen LogP) is 1.06. The quantitative estimate of drug-likeness (QED) is 0.616. The van der Waals surface area contributed by atoms with Crippen molar-refractivity contribution in [2.45, 2.75) is 25.5 Å². The zero-order chi connectivity index (χ0) is 7.44. The molecule has 0 saturated carbocycles. The fourth-order valence-electron chi connectivity index (χ4n) is 0.297. The topological polar surface area (TPSA) is 46.5 Å². The van der Waals surface area contributed by atoms with Crippen LogP contribution in [0.25, 0.3) is 0 Å². The number of hydrogen-bond donors (Lipinski definition) is 1. The summed E-state index contributed by atoms with van der Waals surface area (Å²) in [4.78, 5) is 9.98. The smallest absolute Gasteiger partial charge is 0.348 e. The Bertz CT molecular complexity index is 102. The normalized spacial score (nSPS) is 13.8. The molecule has 0 aromatic rings. The van der Waals surface area contributed by atoms with Gasteiger partial charge in [0.1, 0.15) is 0 Å². The summed E-state index contributed by atoms with van der Waals surface area (Å²) in [5, 5.41) is 8.17. The lowest BCUT2D eigenvalue weighted by Gasteiger charge is -2.08. The third-order valence-corrected chi connectivity index (χ3v) is 0.875. The molecule has 0 aliphatic rings. The van der Waals surface area contributed by atoms with Crippen LogP contribution in [0.4, 0.5) is 0 Å². The van der Waals surface area contributed by atoms with E-state index in [9.17, 15) is 4.79 Å². The second-order valence-corrected chi connectivity index (χ2v) is 2.24. The van der Waals surface area contributed by atoms with Gasteiger partial charge in [-0.15, -0.1) is 0 Å². The van der Waals surface area contributed by atoms with E-state index < -0.39 is 11.5 Å². The lowest BCUT2D eigenvalue weighted by atomic mass is 10.5. The molecule has 0 amide bonds. The van der Waals surface area contributed by atoms with Crippen LogP contribution in [0.3, 0.4) is 0 Å². The van der Waals surface area contributed by atoms with Crippen molar-refractivity contribution in [2.75, 3.05) is 0 Å². The molecule has 0 aromatic heterocycles. The van der Waals surface area contributed by atoms with Gasteiger partial charge in [-0.2, -0.15) is 0 Å². The van der Waals surface area contributed by atoms with Gasteiger partial charge in [-0.1, -0.05) is 11.6 Å². The Labute approximate surface area is 58.6 Å². The highest BCUT2D eigenvalue weighted by atomic mass is 35.5. The van der Waals surface area contributed by atoms with Crippen molar-refractivity contribution in [3.05, 3.63) is 0 Å². The minimum atomic E-state index is -1.22.